The lowest BCUT2D eigenvalue weighted by Gasteiger charge is -2.22. The van der Waals surface area contributed by atoms with E-state index in [2.05, 4.69) is 66.6 Å². The highest BCUT2D eigenvalue weighted by atomic mass is 16.2. The molecule has 1 amide bonds. The Hall–Kier alpha value is -1.42. The van der Waals surface area contributed by atoms with Gasteiger partial charge in [0, 0.05) is 25.1 Å². The summed E-state index contributed by atoms with van der Waals surface area (Å²) >= 11 is 0. The third-order valence-electron chi connectivity index (χ3n) is 9.01. The van der Waals surface area contributed by atoms with Gasteiger partial charge in [-0.05, 0) is 31.7 Å². The van der Waals surface area contributed by atoms with E-state index in [0.29, 0.717) is 5.92 Å². The van der Waals surface area contributed by atoms with Crippen LogP contribution in [0.3, 0.4) is 0 Å². The fraction of sp³-hybridized carbons (Fsp3) is 0.846. The number of nitrogens with one attached hydrogen (secondary N) is 2. The van der Waals surface area contributed by atoms with E-state index in [-0.39, 0.29) is 11.9 Å². The second kappa shape index (κ2) is 30.6. The van der Waals surface area contributed by atoms with Crippen molar-refractivity contribution in [3.8, 4) is 0 Å². The Morgan fingerprint density at radius 3 is 1.37 bits per heavy atom. The van der Waals surface area contributed by atoms with E-state index >= 15 is 0 Å². The van der Waals surface area contributed by atoms with E-state index in [1.807, 2.05) is 0 Å². The predicted octanol–water partition coefficient (Wildman–Crippen LogP) is 10.5. The first kappa shape index (κ1) is 39.6. The topological polar surface area (TPSA) is 45.0 Å². The van der Waals surface area contributed by atoms with Gasteiger partial charge in [-0.2, -0.15) is 0 Å². The molecule has 0 fully saturated rings. The highest BCUT2D eigenvalue weighted by Crippen LogP contribution is 2.14. The summed E-state index contributed by atoms with van der Waals surface area (Å²) in [5.74, 6) is 0.521. The Morgan fingerprint density at radius 2 is 0.930 bits per heavy atom. The number of pyridine rings is 1. The minimum atomic E-state index is -0.0601. The van der Waals surface area contributed by atoms with Crippen molar-refractivity contribution in [1.29, 1.82) is 0 Å². The van der Waals surface area contributed by atoms with Crippen molar-refractivity contribution in [2.45, 2.75) is 194 Å². The Morgan fingerprint density at radius 1 is 0.535 bits per heavy atom. The Kier molecular flexibility index (Phi) is 28.2. The molecule has 1 aromatic rings. The Bertz CT molecular complexity index is 708. The van der Waals surface area contributed by atoms with Gasteiger partial charge in [0.2, 0.25) is 5.91 Å². The molecule has 1 heterocycles. The van der Waals surface area contributed by atoms with Crippen LogP contribution in [0.2, 0.25) is 0 Å². The van der Waals surface area contributed by atoms with Crippen LogP contribution in [0.15, 0.2) is 30.6 Å². The summed E-state index contributed by atoms with van der Waals surface area (Å²) in [6, 6.07) is 6.23. The maximum absolute atomic E-state index is 12.8. The van der Waals surface area contributed by atoms with Crippen molar-refractivity contribution in [2.75, 3.05) is 13.1 Å². The van der Waals surface area contributed by atoms with Crippen LogP contribution in [-0.2, 0) is 11.3 Å². The molecule has 4 nitrogen and oxygen atoms in total. The van der Waals surface area contributed by atoms with Crippen molar-refractivity contribution in [2.24, 2.45) is 5.92 Å². The number of hydrogen-bond acceptors (Lipinski definition) is 2. The van der Waals surface area contributed by atoms with Crippen LogP contribution < -0.4 is 15.2 Å². The zero-order valence-corrected chi connectivity index (χ0v) is 29.2. The average Bonchev–Trinajstić information content (AvgIpc) is 3.01. The fourth-order valence-corrected chi connectivity index (χ4v) is 6.12. The van der Waals surface area contributed by atoms with Crippen LogP contribution in [0.5, 0.6) is 0 Å². The van der Waals surface area contributed by atoms with Crippen LogP contribution in [0.25, 0.3) is 0 Å². The SMILES string of the molecule is CCCCCCCCCCCCCCCCCCNC(=O)[C@H](NCCCCCCCCCCC[n+]1ccccc1)C(C)C. The van der Waals surface area contributed by atoms with E-state index in [1.54, 1.807) is 0 Å². The molecule has 250 valence electrons. The summed E-state index contributed by atoms with van der Waals surface area (Å²) < 4.78 is 2.28. The number of rotatable bonds is 32. The van der Waals surface area contributed by atoms with Gasteiger partial charge in [-0.25, -0.2) is 4.57 Å². The van der Waals surface area contributed by atoms with Crippen molar-refractivity contribution in [1.82, 2.24) is 10.6 Å². The van der Waals surface area contributed by atoms with Gasteiger partial charge in [-0.3, -0.25) is 4.79 Å². The molecule has 0 spiro atoms. The van der Waals surface area contributed by atoms with E-state index in [1.165, 1.54) is 154 Å². The van der Waals surface area contributed by atoms with Gasteiger partial charge < -0.3 is 10.6 Å². The molecule has 1 aromatic heterocycles. The molecule has 0 aliphatic carbocycles. The number of hydrogen-bond donors (Lipinski definition) is 2. The molecule has 1 rings (SSSR count). The number of aryl methyl sites for hydroxylation is 1. The summed E-state index contributed by atoms with van der Waals surface area (Å²) in [6.07, 6.45) is 38.2. The molecule has 0 bridgehead atoms. The summed E-state index contributed by atoms with van der Waals surface area (Å²) in [6.45, 7) is 9.53. The first-order valence-electron chi connectivity index (χ1n) is 19.1. The maximum atomic E-state index is 12.8. The second-order valence-corrected chi connectivity index (χ2v) is 13.6. The molecule has 0 saturated carbocycles. The molecule has 2 N–H and O–H groups in total. The lowest BCUT2D eigenvalue weighted by atomic mass is 10.0. The van der Waals surface area contributed by atoms with Gasteiger partial charge >= 0.3 is 0 Å². The number of carbonyl (C=O) groups is 1. The zero-order valence-electron chi connectivity index (χ0n) is 29.2. The summed E-state index contributed by atoms with van der Waals surface area (Å²) in [5.41, 5.74) is 0. The molecule has 1 atom stereocenters. The van der Waals surface area contributed by atoms with Crippen LogP contribution in [0, 0.1) is 5.92 Å². The van der Waals surface area contributed by atoms with Gasteiger partial charge in [-0.1, -0.05) is 162 Å². The van der Waals surface area contributed by atoms with Gasteiger partial charge in [0.25, 0.3) is 0 Å². The van der Waals surface area contributed by atoms with E-state index in [0.717, 1.165) is 26.1 Å². The summed E-state index contributed by atoms with van der Waals surface area (Å²) in [5, 5.41) is 6.76. The lowest BCUT2D eigenvalue weighted by molar-refractivity contribution is -0.697. The van der Waals surface area contributed by atoms with Crippen LogP contribution in [-0.4, -0.2) is 25.0 Å². The van der Waals surface area contributed by atoms with E-state index in [9.17, 15) is 4.79 Å². The zero-order chi connectivity index (χ0) is 31.1. The minimum Gasteiger partial charge on any atom is -0.355 e. The molecule has 0 saturated heterocycles. The number of carbonyl (C=O) groups excluding carboxylic acids is 1. The molecular weight excluding hydrogens is 526 g/mol. The van der Waals surface area contributed by atoms with E-state index in [4.69, 9.17) is 0 Å². The number of nitrogens with zero attached hydrogens (tertiary/aromatic N) is 1. The highest BCUT2D eigenvalue weighted by molar-refractivity contribution is 5.81. The molecule has 4 heteroatoms. The van der Waals surface area contributed by atoms with Crippen LogP contribution in [0.4, 0.5) is 0 Å². The number of amides is 1. The second-order valence-electron chi connectivity index (χ2n) is 13.6. The quantitative estimate of drug-likeness (QED) is 0.0638. The van der Waals surface area contributed by atoms with Gasteiger partial charge in [0.15, 0.2) is 12.4 Å². The molecule has 43 heavy (non-hydrogen) atoms. The Balaban J connectivity index is 1.86. The van der Waals surface area contributed by atoms with E-state index < -0.39 is 0 Å². The predicted molar refractivity (Wildman–Crippen MR) is 187 cm³/mol. The minimum absolute atomic E-state index is 0.0601. The normalized spacial score (nSPS) is 12.2. The van der Waals surface area contributed by atoms with Crippen LogP contribution in [0.1, 0.15) is 181 Å². The lowest BCUT2D eigenvalue weighted by Crippen LogP contribution is -2.47. The van der Waals surface area contributed by atoms with Gasteiger partial charge in [-0.15, -0.1) is 0 Å². The standard InChI is InChI=1S/C39H73N3O/c1-4-5-6-7-8-9-10-11-12-13-14-15-17-21-24-28-33-41-39(43)38(37(2)3)40-32-27-23-20-18-16-19-22-25-29-34-42-35-30-26-31-36-42/h26,30-31,35-38,40H,4-25,27-29,32-34H2,1-3H3/p+1/t38-/m1/s1. The smallest absolute Gasteiger partial charge is 0.237 e. The van der Waals surface area contributed by atoms with Crippen LogP contribution >= 0.6 is 0 Å². The molecule has 0 aliphatic rings. The first-order chi connectivity index (χ1) is 21.1. The monoisotopic (exact) mass is 601 g/mol. The third-order valence-corrected chi connectivity index (χ3v) is 9.01. The van der Waals surface area contributed by atoms with Crippen molar-refractivity contribution >= 4 is 5.91 Å². The molecule has 0 radical (unpaired) electrons. The fourth-order valence-electron chi connectivity index (χ4n) is 6.12. The van der Waals surface area contributed by atoms with Crippen molar-refractivity contribution in [3.05, 3.63) is 30.6 Å². The average molecular weight is 601 g/mol. The maximum Gasteiger partial charge on any atom is 0.237 e. The Labute approximate surface area is 269 Å². The van der Waals surface area contributed by atoms with Gasteiger partial charge in [0.1, 0.15) is 6.54 Å². The molecule has 0 aromatic carbocycles. The third kappa shape index (κ3) is 25.6. The summed E-state index contributed by atoms with van der Waals surface area (Å²) in [7, 11) is 0. The molecule has 0 unspecified atom stereocenters. The largest absolute Gasteiger partial charge is 0.355 e. The van der Waals surface area contributed by atoms with Gasteiger partial charge in [0.05, 0.1) is 6.04 Å². The number of unbranched alkanes of at least 4 members (excludes halogenated alkanes) is 23. The number of aromatic nitrogens is 1. The highest BCUT2D eigenvalue weighted by Gasteiger charge is 2.20. The van der Waals surface area contributed by atoms with Crippen molar-refractivity contribution < 1.29 is 9.36 Å². The summed E-state index contributed by atoms with van der Waals surface area (Å²) in [4.78, 5) is 12.8. The molecular formula is C39H74N3O+. The van der Waals surface area contributed by atoms with Crippen molar-refractivity contribution in [3.63, 3.8) is 0 Å². The molecule has 0 aliphatic heterocycles. The first-order valence-corrected chi connectivity index (χ1v) is 19.1.